The summed E-state index contributed by atoms with van der Waals surface area (Å²) in [5, 5.41) is 10.9. The molecule has 0 aliphatic rings. The Bertz CT molecular complexity index is 799. The van der Waals surface area contributed by atoms with Gasteiger partial charge in [0.1, 0.15) is 6.42 Å². The molecular weight excluding hydrogens is 274 g/mol. The molecule has 1 N–H and O–H groups in total. The summed E-state index contributed by atoms with van der Waals surface area (Å²) in [5.74, 6) is -0.418. The Hall–Kier alpha value is -3.08. The molecule has 0 aliphatic heterocycles. The molecule has 0 saturated heterocycles. The third-order valence-electron chi connectivity index (χ3n) is 3.04. The van der Waals surface area contributed by atoms with Crippen LogP contribution >= 0.6 is 0 Å². The lowest BCUT2D eigenvalue weighted by atomic mass is 10.2. The summed E-state index contributed by atoms with van der Waals surface area (Å²) in [7, 11) is 2.99. The molecule has 8 nitrogen and oxygen atoms in total. The Morgan fingerprint density at radius 3 is 2.14 bits per heavy atom. The Labute approximate surface area is 119 Å². The van der Waals surface area contributed by atoms with Crippen LogP contribution in [0, 0.1) is 11.3 Å². The minimum Gasteiger partial charge on any atom is -0.325 e. The summed E-state index contributed by atoms with van der Waals surface area (Å²) in [6.45, 7) is 0. The van der Waals surface area contributed by atoms with E-state index in [2.05, 4.69) is 5.32 Å². The van der Waals surface area contributed by atoms with Gasteiger partial charge < -0.3 is 5.32 Å². The molecule has 1 amide bonds. The zero-order valence-electron chi connectivity index (χ0n) is 11.5. The van der Waals surface area contributed by atoms with Gasteiger partial charge in [0.2, 0.25) is 5.91 Å². The van der Waals surface area contributed by atoms with Gasteiger partial charge in [0, 0.05) is 19.8 Å². The second-order valence-corrected chi connectivity index (χ2v) is 4.38. The second-order valence-electron chi connectivity index (χ2n) is 4.38. The standard InChI is InChI=1S/C13H13N5O3/c1-16-12(20)18(13(21)17(16)2)10-5-3-9(4-6-10)15-11(19)7-8-14/h3-6H,7H2,1-2H3,(H,15,19). The first-order valence-electron chi connectivity index (χ1n) is 6.08. The van der Waals surface area contributed by atoms with E-state index in [0.29, 0.717) is 11.4 Å². The summed E-state index contributed by atoms with van der Waals surface area (Å²) in [4.78, 5) is 35.2. The van der Waals surface area contributed by atoms with Crippen LogP contribution < -0.4 is 16.7 Å². The van der Waals surface area contributed by atoms with Gasteiger partial charge in [0.25, 0.3) is 0 Å². The summed E-state index contributed by atoms with van der Waals surface area (Å²) in [5.41, 5.74) is -0.0215. The number of nitrogens with zero attached hydrogens (tertiary/aromatic N) is 4. The molecule has 0 radical (unpaired) electrons. The predicted molar refractivity (Wildman–Crippen MR) is 75.1 cm³/mol. The summed E-state index contributed by atoms with van der Waals surface area (Å²) in [6, 6.07) is 7.96. The monoisotopic (exact) mass is 287 g/mol. The number of anilines is 1. The van der Waals surface area contributed by atoms with Gasteiger partial charge in [0.15, 0.2) is 0 Å². The van der Waals surface area contributed by atoms with Crippen molar-refractivity contribution in [1.29, 1.82) is 5.26 Å². The quantitative estimate of drug-likeness (QED) is 0.839. The first-order chi connectivity index (χ1) is 9.95. The van der Waals surface area contributed by atoms with Crippen molar-refractivity contribution >= 4 is 11.6 Å². The number of hydrogen-bond acceptors (Lipinski definition) is 4. The highest BCUT2D eigenvalue weighted by Crippen LogP contribution is 2.11. The Balaban J connectivity index is 2.35. The smallest absolute Gasteiger partial charge is 0.325 e. The van der Waals surface area contributed by atoms with E-state index in [1.165, 1.54) is 23.5 Å². The van der Waals surface area contributed by atoms with Crippen LogP contribution in [0.5, 0.6) is 0 Å². The average molecular weight is 287 g/mol. The van der Waals surface area contributed by atoms with Crippen molar-refractivity contribution in [3.8, 4) is 11.8 Å². The van der Waals surface area contributed by atoms with Crippen molar-refractivity contribution in [2.75, 3.05) is 5.32 Å². The molecule has 1 aromatic heterocycles. The molecular formula is C13H13N5O3. The highest BCUT2D eigenvalue weighted by Gasteiger charge is 2.12. The molecule has 0 bridgehead atoms. The van der Waals surface area contributed by atoms with Gasteiger partial charge in [0.05, 0.1) is 11.8 Å². The van der Waals surface area contributed by atoms with Crippen molar-refractivity contribution < 1.29 is 4.79 Å². The molecule has 2 aromatic rings. The molecule has 1 heterocycles. The molecule has 0 fully saturated rings. The lowest BCUT2D eigenvalue weighted by molar-refractivity contribution is -0.115. The SMILES string of the molecule is Cn1c(=O)n(-c2ccc(NC(=O)CC#N)cc2)c(=O)n1C. The topological polar surface area (TPSA) is 102 Å². The van der Waals surface area contributed by atoms with Crippen molar-refractivity contribution in [1.82, 2.24) is 13.9 Å². The van der Waals surface area contributed by atoms with E-state index < -0.39 is 17.3 Å². The maximum atomic E-state index is 12.0. The third-order valence-corrected chi connectivity index (χ3v) is 3.04. The highest BCUT2D eigenvalue weighted by atomic mass is 16.2. The number of nitrogens with one attached hydrogen (secondary N) is 1. The fourth-order valence-corrected chi connectivity index (χ4v) is 1.82. The van der Waals surface area contributed by atoms with Gasteiger partial charge >= 0.3 is 11.4 Å². The molecule has 1 aromatic carbocycles. The van der Waals surface area contributed by atoms with Crippen LogP contribution in [0.25, 0.3) is 5.69 Å². The van der Waals surface area contributed by atoms with Gasteiger partial charge in [-0.2, -0.15) is 5.26 Å². The van der Waals surface area contributed by atoms with E-state index in [1.807, 2.05) is 0 Å². The van der Waals surface area contributed by atoms with Crippen molar-refractivity contribution in [2.45, 2.75) is 6.42 Å². The zero-order chi connectivity index (χ0) is 15.6. The zero-order valence-corrected chi connectivity index (χ0v) is 11.5. The van der Waals surface area contributed by atoms with E-state index >= 15 is 0 Å². The van der Waals surface area contributed by atoms with Crippen molar-refractivity contribution in [3.63, 3.8) is 0 Å². The van der Waals surface area contributed by atoms with E-state index in [4.69, 9.17) is 5.26 Å². The van der Waals surface area contributed by atoms with Gasteiger partial charge in [-0.3, -0.25) is 4.79 Å². The van der Waals surface area contributed by atoms with Crippen LogP contribution in [-0.4, -0.2) is 19.8 Å². The van der Waals surface area contributed by atoms with Crippen LogP contribution in [0.3, 0.4) is 0 Å². The van der Waals surface area contributed by atoms with Crippen LogP contribution in [0.1, 0.15) is 6.42 Å². The van der Waals surface area contributed by atoms with Gasteiger partial charge in [-0.25, -0.2) is 23.5 Å². The average Bonchev–Trinajstić information content (AvgIpc) is 2.65. The Kier molecular flexibility index (Phi) is 3.75. The number of nitriles is 1. The molecule has 0 atom stereocenters. The molecule has 21 heavy (non-hydrogen) atoms. The molecule has 108 valence electrons. The number of rotatable bonds is 3. The van der Waals surface area contributed by atoms with Crippen LogP contribution in [0.4, 0.5) is 5.69 Å². The maximum absolute atomic E-state index is 12.0. The Morgan fingerprint density at radius 1 is 1.14 bits per heavy atom. The second kappa shape index (κ2) is 5.50. The van der Waals surface area contributed by atoms with Crippen LogP contribution in [0.2, 0.25) is 0 Å². The molecule has 0 unspecified atom stereocenters. The molecule has 8 heteroatoms. The van der Waals surface area contributed by atoms with E-state index in [1.54, 1.807) is 30.3 Å². The van der Waals surface area contributed by atoms with Gasteiger partial charge in [-0.05, 0) is 24.3 Å². The molecule has 0 spiro atoms. The number of carbonyl (C=O) groups excluding carboxylic acids is 1. The van der Waals surface area contributed by atoms with Crippen molar-refractivity contribution in [3.05, 3.63) is 45.2 Å². The van der Waals surface area contributed by atoms with Crippen LogP contribution in [0.15, 0.2) is 33.9 Å². The lowest BCUT2D eigenvalue weighted by Gasteiger charge is -2.04. The predicted octanol–water partition coefficient (Wildman–Crippen LogP) is -0.273. The van der Waals surface area contributed by atoms with Crippen LogP contribution in [-0.2, 0) is 18.9 Å². The summed E-state index contributed by atoms with van der Waals surface area (Å²) >= 11 is 0. The minimum atomic E-state index is -0.455. The fraction of sp³-hybridized carbons (Fsp3) is 0.231. The fourth-order valence-electron chi connectivity index (χ4n) is 1.82. The van der Waals surface area contributed by atoms with Crippen molar-refractivity contribution in [2.24, 2.45) is 14.1 Å². The number of benzene rings is 1. The normalized spacial score (nSPS) is 10.1. The number of amides is 1. The first kappa shape index (κ1) is 14.3. The van der Waals surface area contributed by atoms with Gasteiger partial charge in [-0.1, -0.05) is 0 Å². The number of aromatic nitrogens is 3. The summed E-state index contributed by atoms with van der Waals surface area (Å²) < 4.78 is 3.43. The lowest BCUT2D eigenvalue weighted by Crippen LogP contribution is -2.26. The largest absolute Gasteiger partial charge is 0.351 e. The molecule has 0 saturated carbocycles. The minimum absolute atomic E-state index is 0.236. The van der Waals surface area contributed by atoms with E-state index in [0.717, 1.165) is 4.57 Å². The number of carbonyl (C=O) groups is 1. The third kappa shape index (κ3) is 2.62. The highest BCUT2D eigenvalue weighted by molar-refractivity contribution is 5.92. The summed E-state index contributed by atoms with van der Waals surface area (Å²) in [6.07, 6.45) is -0.236. The Morgan fingerprint density at radius 2 is 1.67 bits per heavy atom. The van der Waals surface area contributed by atoms with E-state index in [9.17, 15) is 14.4 Å². The van der Waals surface area contributed by atoms with E-state index in [-0.39, 0.29) is 6.42 Å². The molecule has 2 rings (SSSR count). The first-order valence-corrected chi connectivity index (χ1v) is 6.08. The maximum Gasteiger partial charge on any atom is 0.351 e. The van der Waals surface area contributed by atoms with Gasteiger partial charge in [-0.15, -0.1) is 0 Å². The molecule has 0 aliphatic carbocycles. The number of hydrogen-bond donors (Lipinski definition) is 1.